The number of ether oxygens (including phenoxy) is 1. The van der Waals surface area contributed by atoms with Crippen LogP contribution < -0.4 is 4.74 Å². The summed E-state index contributed by atoms with van der Waals surface area (Å²) in [6.45, 7) is 3.76. The summed E-state index contributed by atoms with van der Waals surface area (Å²) in [5.74, 6) is 0.400. The third kappa shape index (κ3) is 4.38. The molecule has 90 valence electrons. The maximum absolute atomic E-state index is 9.51. The molecule has 0 aliphatic carbocycles. The largest absolute Gasteiger partial charge is 0.490 e. The van der Waals surface area contributed by atoms with E-state index < -0.39 is 5.60 Å². The smallest absolute Gasteiger partial charge is 0.156 e. The van der Waals surface area contributed by atoms with E-state index in [2.05, 4.69) is 0 Å². The van der Waals surface area contributed by atoms with Crippen LogP contribution in [0.2, 0.25) is 15.1 Å². The fourth-order valence-electron chi connectivity index (χ4n) is 1.07. The van der Waals surface area contributed by atoms with Crippen molar-refractivity contribution in [3.05, 3.63) is 27.2 Å². The van der Waals surface area contributed by atoms with Crippen LogP contribution >= 0.6 is 34.8 Å². The molecule has 1 rings (SSSR count). The molecule has 0 heterocycles. The third-order valence-corrected chi connectivity index (χ3v) is 2.70. The Morgan fingerprint density at radius 1 is 1.19 bits per heavy atom. The highest BCUT2D eigenvalue weighted by Crippen LogP contribution is 2.35. The number of aliphatic hydroxyl groups is 1. The molecule has 5 heteroatoms. The lowest BCUT2D eigenvalue weighted by atomic mass is 10.1. The van der Waals surface area contributed by atoms with Crippen LogP contribution in [0.3, 0.4) is 0 Å². The van der Waals surface area contributed by atoms with Crippen LogP contribution in [0, 0.1) is 0 Å². The van der Waals surface area contributed by atoms with Crippen LogP contribution in [0.4, 0.5) is 0 Å². The van der Waals surface area contributed by atoms with E-state index in [0.29, 0.717) is 33.8 Å². The molecule has 0 aromatic heterocycles. The van der Waals surface area contributed by atoms with Crippen molar-refractivity contribution in [3.63, 3.8) is 0 Å². The SMILES string of the molecule is CC(C)(O)CCOc1c(Cl)cc(Cl)cc1Cl. The lowest BCUT2D eigenvalue weighted by Crippen LogP contribution is -2.21. The van der Waals surface area contributed by atoms with E-state index in [-0.39, 0.29) is 0 Å². The van der Waals surface area contributed by atoms with Gasteiger partial charge in [-0.25, -0.2) is 0 Å². The van der Waals surface area contributed by atoms with Gasteiger partial charge in [-0.05, 0) is 26.0 Å². The van der Waals surface area contributed by atoms with E-state index in [1.165, 1.54) is 0 Å². The molecule has 0 amide bonds. The molecular weight excluding hydrogens is 270 g/mol. The first-order valence-electron chi connectivity index (χ1n) is 4.79. The van der Waals surface area contributed by atoms with Crippen LogP contribution in [0.5, 0.6) is 5.75 Å². The summed E-state index contributed by atoms with van der Waals surface area (Å²) >= 11 is 17.6. The number of hydrogen-bond acceptors (Lipinski definition) is 2. The Labute approximate surface area is 110 Å². The van der Waals surface area contributed by atoms with Crippen molar-refractivity contribution in [3.8, 4) is 5.75 Å². The minimum atomic E-state index is -0.772. The molecule has 1 N–H and O–H groups in total. The average Bonchev–Trinajstić information content (AvgIpc) is 2.07. The molecule has 0 saturated carbocycles. The molecule has 0 unspecified atom stereocenters. The van der Waals surface area contributed by atoms with E-state index in [0.717, 1.165) is 0 Å². The molecule has 0 spiro atoms. The Morgan fingerprint density at radius 3 is 2.12 bits per heavy atom. The lowest BCUT2D eigenvalue weighted by molar-refractivity contribution is 0.0553. The van der Waals surface area contributed by atoms with Gasteiger partial charge in [-0.15, -0.1) is 0 Å². The van der Waals surface area contributed by atoms with Crippen molar-refractivity contribution in [1.29, 1.82) is 0 Å². The summed E-state index contributed by atoms with van der Waals surface area (Å²) in [4.78, 5) is 0. The first-order chi connectivity index (χ1) is 7.29. The van der Waals surface area contributed by atoms with Gasteiger partial charge < -0.3 is 9.84 Å². The van der Waals surface area contributed by atoms with Crippen LogP contribution in [-0.4, -0.2) is 17.3 Å². The van der Waals surface area contributed by atoms with Gasteiger partial charge in [0, 0.05) is 11.4 Å². The van der Waals surface area contributed by atoms with Crippen molar-refractivity contribution < 1.29 is 9.84 Å². The van der Waals surface area contributed by atoms with Gasteiger partial charge in [0.25, 0.3) is 0 Å². The fourth-order valence-corrected chi connectivity index (χ4v) is 2.00. The Morgan fingerprint density at radius 2 is 1.69 bits per heavy atom. The quantitative estimate of drug-likeness (QED) is 0.898. The molecule has 0 saturated heterocycles. The number of rotatable bonds is 4. The highest BCUT2D eigenvalue weighted by Gasteiger charge is 2.14. The molecule has 2 nitrogen and oxygen atoms in total. The van der Waals surface area contributed by atoms with Gasteiger partial charge in [0.2, 0.25) is 0 Å². The zero-order valence-corrected chi connectivity index (χ0v) is 11.3. The van der Waals surface area contributed by atoms with Crippen molar-refractivity contribution in [1.82, 2.24) is 0 Å². The fraction of sp³-hybridized carbons (Fsp3) is 0.455. The first-order valence-corrected chi connectivity index (χ1v) is 5.93. The molecule has 1 aromatic rings. The summed E-state index contributed by atoms with van der Waals surface area (Å²) < 4.78 is 5.42. The van der Waals surface area contributed by atoms with Gasteiger partial charge in [0.05, 0.1) is 22.3 Å². The summed E-state index contributed by atoms with van der Waals surface area (Å²) in [6, 6.07) is 3.13. The second-order valence-corrected chi connectivity index (χ2v) is 5.36. The van der Waals surface area contributed by atoms with Crippen LogP contribution in [-0.2, 0) is 0 Å². The summed E-state index contributed by atoms with van der Waals surface area (Å²) in [6.07, 6.45) is 0.488. The highest BCUT2D eigenvalue weighted by molar-refractivity contribution is 6.40. The van der Waals surface area contributed by atoms with Crippen LogP contribution in [0.15, 0.2) is 12.1 Å². The summed E-state index contributed by atoms with van der Waals surface area (Å²) in [5.41, 5.74) is -0.772. The van der Waals surface area contributed by atoms with Crippen molar-refractivity contribution in [2.24, 2.45) is 0 Å². The van der Waals surface area contributed by atoms with E-state index in [1.54, 1.807) is 26.0 Å². The van der Waals surface area contributed by atoms with Gasteiger partial charge in [0.15, 0.2) is 5.75 Å². The molecule has 0 aliphatic heterocycles. The molecular formula is C11H13Cl3O2. The molecule has 0 atom stereocenters. The minimum Gasteiger partial charge on any atom is -0.490 e. The van der Waals surface area contributed by atoms with Gasteiger partial charge in [0.1, 0.15) is 0 Å². The zero-order chi connectivity index (χ0) is 12.3. The number of benzene rings is 1. The van der Waals surface area contributed by atoms with E-state index in [9.17, 15) is 5.11 Å². The highest BCUT2D eigenvalue weighted by atomic mass is 35.5. The van der Waals surface area contributed by atoms with Crippen molar-refractivity contribution in [2.45, 2.75) is 25.9 Å². The van der Waals surface area contributed by atoms with Crippen LogP contribution in [0.25, 0.3) is 0 Å². The van der Waals surface area contributed by atoms with Crippen molar-refractivity contribution >= 4 is 34.8 Å². The topological polar surface area (TPSA) is 29.5 Å². The molecule has 16 heavy (non-hydrogen) atoms. The normalized spacial score (nSPS) is 11.6. The minimum absolute atomic E-state index is 0.338. The monoisotopic (exact) mass is 282 g/mol. The molecule has 0 radical (unpaired) electrons. The second kappa shape index (κ2) is 5.46. The Kier molecular flexibility index (Phi) is 4.74. The summed E-state index contributed by atoms with van der Waals surface area (Å²) in [5, 5.41) is 10.7. The average molecular weight is 284 g/mol. The molecule has 0 fully saturated rings. The Balaban J connectivity index is 2.68. The maximum atomic E-state index is 9.51. The molecule has 0 aliphatic rings. The van der Waals surface area contributed by atoms with E-state index in [4.69, 9.17) is 39.5 Å². The van der Waals surface area contributed by atoms with Gasteiger partial charge in [-0.3, -0.25) is 0 Å². The maximum Gasteiger partial charge on any atom is 0.156 e. The van der Waals surface area contributed by atoms with Gasteiger partial charge in [-0.2, -0.15) is 0 Å². The summed E-state index contributed by atoms with van der Waals surface area (Å²) in [7, 11) is 0. The lowest BCUT2D eigenvalue weighted by Gasteiger charge is -2.18. The number of halogens is 3. The predicted molar refractivity (Wildman–Crippen MR) is 67.9 cm³/mol. The van der Waals surface area contributed by atoms with E-state index >= 15 is 0 Å². The molecule has 0 bridgehead atoms. The van der Waals surface area contributed by atoms with E-state index in [1.807, 2.05) is 0 Å². The second-order valence-electron chi connectivity index (χ2n) is 4.11. The first kappa shape index (κ1) is 13.9. The van der Waals surface area contributed by atoms with Crippen LogP contribution in [0.1, 0.15) is 20.3 Å². The standard InChI is InChI=1S/C11H13Cl3O2/c1-11(2,15)3-4-16-10-8(13)5-7(12)6-9(10)14/h5-6,15H,3-4H2,1-2H3. The van der Waals surface area contributed by atoms with Crippen molar-refractivity contribution in [2.75, 3.05) is 6.61 Å². The van der Waals surface area contributed by atoms with Gasteiger partial charge in [-0.1, -0.05) is 34.8 Å². The number of hydrogen-bond donors (Lipinski definition) is 1. The molecule has 1 aromatic carbocycles. The predicted octanol–water partition coefficient (Wildman–Crippen LogP) is 4.19. The zero-order valence-electron chi connectivity index (χ0n) is 9.06. The Bertz CT molecular complexity index is 349. The third-order valence-electron chi connectivity index (χ3n) is 1.92. The Hall–Kier alpha value is -0.150. The van der Waals surface area contributed by atoms with Gasteiger partial charge >= 0.3 is 0 Å².